The minimum absolute atomic E-state index is 0.171. The summed E-state index contributed by atoms with van der Waals surface area (Å²) in [6, 6.07) is 5.96. The molecule has 0 amide bonds. The first kappa shape index (κ1) is 13.3. The van der Waals surface area contributed by atoms with Crippen LogP contribution >= 0.6 is 0 Å². The van der Waals surface area contributed by atoms with Crippen molar-refractivity contribution in [2.45, 2.75) is 52.1 Å². The normalized spacial score (nSPS) is 17.9. The summed E-state index contributed by atoms with van der Waals surface area (Å²) in [5.41, 5.74) is 2.65. The monoisotopic (exact) mass is 246 g/mol. The first-order valence-electron chi connectivity index (χ1n) is 6.85. The van der Waals surface area contributed by atoms with Gasteiger partial charge in [-0.05, 0) is 63.6 Å². The molecule has 1 fully saturated rings. The Labute approximate surface area is 109 Å². The van der Waals surface area contributed by atoms with Gasteiger partial charge in [0.05, 0.1) is 0 Å². The zero-order valence-electron chi connectivity index (χ0n) is 11.6. The molecule has 0 aliphatic heterocycles. The number of benzene rings is 1. The van der Waals surface area contributed by atoms with E-state index in [0.29, 0.717) is 6.61 Å². The summed E-state index contributed by atoms with van der Waals surface area (Å²) in [5.74, 6) is 0.171. The van der Waals surface area contributed by atoms with E-state index in [1.54, 1.807) is 0 Å². The second kappa shape index (κ2) is 5.23. The molecule has 0 bridgehead atoms. The maximum absolute atomic E-state index is 12.7. The second-order valence-corrected chi connectivity index (χ2v) is 5.26. The zero-order valence-corrected chi connectivity index (χ0v) is 11.6. The highest BCUT2D eigenvalue weighted by atomic mass is 16.5. The van der Waals surface area contributed by atoms with E-state index in [1.807, 2.05) is 32.0 Å². The molecule has 0 aromatic heterocycles. The number of hydrogen-bond acceptors (Lipinski definition) is 2. The molecule has 0 heterocycles. The highest BCUT2D eigenvalue weighted by molar-refractivity contribution is 6.02. The molecular formula is C16H22O2. The average Bonchev–Trinajstić information content (AvgIpc) is 2.82. The van der Waals surface area contributed by atoms with Gasteiger partial charge in [-0.3, -0.25) is 4.79 Å². The minimum Gasteiger partial charge on any atom is -0.367 e. The Hall–Kier alpha value is -1.15. The van der Waals surface area contributed by atoms with Crippen LogP contribution in [0.1, 0.15) is 54.1 Å². The minimum atomic E-state index is -0.545. The lowest BCUT2D eigenvalue weighted by atomic mass is 9.89. The number of carbonyl (C=O) groups excluding carboxylic acids is 1. The third-order valence-electron chi connectivity index (χ3n) is 4.01. The van der Waals surface area contributed by atoms with Crippen molar-refractivity contribution in [3.63, 3.8) is 0 Å². The molecule has 0 saturated heterocycles. The fourth-order valence-corrected chi connectivity index (χ4v) is 2.81. The number of aryl methyl sites for hydroxylation is 2. The van der Waals surface area contributed by atoms with Crippen LogP contribution in [0.2, 0.25) is 0 Å². The quantitative estimate of drug-likeness (QED) is 0.755. The van der Waals surface area contributed by atoms with Crippen molar-refractivity contribution in [1.29, 1.82) is 0 Å². The molecule has 0 spiro atoms. The van der Waals surface area contributed by atoms with Crippen LogP contribution in [-0.2, 0) is 4.74 Å². The van der Waals surface area contributed by atoms with Crippen molar-refractivity contribution in [2.24, 2.45) is 0 Å². The van der Waals surface area contributed by atoms with Crippen LogP contribution < -0.4 is 0 Å². The van der Waals surface area contributed by atoms with Gasteiger partial charge in [-0.1, -0.05) is 12.1 Å². The molecule has 2 heteroatoms. The van der Waals surface area contributed by atoms with E-state index in [4.69, 9.17) is 4.74 Å². The van der Waals surface area contributed by atoms with Crippen LogP contribution in [0.25, 0.3) is 0 Å². The number of carbonyl (C=O) groups is 1. The molecule has 1 aromatic carbocycles. The van der Waals surface area contributed by atoms with Gasteiger partial charge in [0, 0.05) is 12.2 Å². The van der Waals surface area contributed by atoms with E-state index < -0.39 is 5.60 Å². The van der Waals surface area contributed by atoms with Gasteiger partial charge in [0.2, 0.25) is 0 Å². The van der Waals surface area contributed by atoms with Crippen LogP contribution in [-0.4, -0.2) is 18.0 Å². The number of ketones is 1. The lowest BCUT2D eigenvalue weighted by Gasteiger charge is -2.27. The molecule has 0 atom stereocenters. The molecule has 1 aliphatic rings. The van der Waals surface area contributed by atoms with Gasteiger partial charge in [0.1, 0.15) is 5.60 Å². The molecule has 18 heavy (non-hydrogen) atoms. The highest BCUT2D eigenvalue weighted by Crippen LogP contribution is 2.36. The summed E-state index contributed by atoms with van der Waals surface area (Å²) in [7, 11) is 0. The Morgan fingerprint density at radius 1 is 1.22 bits per heavy atom. The van der Waals surface area contributed by atoms with E-state index in [1.165, 1.54) is 11.1 Å². The van der Waals surface area contributed by atoms with Gasteiger partial charge in [-0.25, -0.2) is 0 Å². The van der Waals surface area contributed by atoms with Crippen LogP contribution in [0.3, 0.4) is 0 Å². The second-order valence-electron chi connectivity index (χ2n) is 5.26. The third-order valence-corrected chi connectivity index (χ3v) is 4.01. The summed E-state index contributed by atoms with van der Waals surface area (Å²) >= 11 is 0. The first-order chi connectivity index (χ1) is 8.59. The van der Waals surface area contributed by atoms with Gasteiger partial charge in [-0.2, -0.15) is 0 Å². The molecule has 98 valence electrons. The van der Waals surface area contributed by atoms with Crippen molar-refractivity contribution in [2.75, 3.05) is 6.61 Å². The van der Waals surface area contributed by atoms with Crippen molar-refractivity contribution in [3.05, 3.63) is 34.9 Å². The summed E-state index contributed by atoms with van der Waals surface area (Å²) in [6.07, 6.45) is 3.92. The van der Waals surface area contributed by atoms with Crippen molar-refractivity contribution >= 4 is 5.78 Å². The lowest BCUT2D eigenvalue weighted by molar-refractivity contribution is -0.0163. The van der Waals surface area contributed by atoms with Crippen LogP contribution in [0.15, 0.2) is 18.2 Å². The molecule has 0 N–H and O–H groups in total. The van der Waals surface area contributed by atoms with Crippen molar-refractivity contribution < 1.29 is 9.53 Å². The molecule has 1 saturated carbocycles. The molecular weight excluding hydrogens is 224 g/mol. The van der Waals surface area contributed by atoms with Gasteiger partial charge < -0.3 is 4.74 Å². The number of rotatable bonds is 4. The van der Waals surface area contributed by atoms with Crippen molar-refractivity contribution in [1.82, 2.24) is 0 Å². The van der Waals surface area contributed by atoms with Crippen LogP contribution in [0, 0.1) is 13.8 Å². The summed E-state index contributed by atoms with van der Waals surface area (Å²) in [5, 5.41) is 0. The van der Waals surface area contributed by atoms with E-state index in [2.05, 4.69) is 6.92 Å². The lowest BCUT2D eigenvalue weighted by Crippen LogP contribution is -2.39. The number of hydrogen-bond donors (Lipinski definition) is 0. The van der Waals surface area contributed by atoms with E-state index in [0.717, 1.165) is 31.2 Å². The summed E-state index contributed by atoms with van der Waals surface area (Å²) in [4.78, 5) is 12.7. The Morgan fingerprint density at radius 2 is 1.89 bits per heavy atom. The Bertz CT molecular complexity index is 442. The molecule has 2 rings (SSSR count). The average molecular weight is 246 g/mol. The highest BCUT2D eigenvalue weighted by Gasteiger charge is 2.42. The fraction of sp³-hybridized carbons (Fsp3) is 0.562. The largest absolute Gasteiger partial charge is 0.367 e. The maximum atomic E-state index is 12.7. The third kappa shape index (κ3) is 2.35. The Morgan fingerprint density at radius 3 is 2.44 bits per heavy atom. The van der Waals surface area contributed by atoms with Crippen LogP contribution in [0.4, 0.5) is 0 Å². The fourth-order valence-electron chi connectivity index (χ4n) is 2.81. The van der Waals surface area contributed by atoms with Gasteiger partial charge >= 0.3 is 0 Å². The van der Waals surface area contributed by atoms with Crippen LogP contribution in [0.5, 0.6) is 0 Å². The molecule has 1 aromatic rings. The van der Waals surface area contributed by atoms with Gasteiger partial charge in [0.15, 0.2) is 5.78 Å². The van der Waals surface area contributed by atoms with E-state index in [-0.39, 0.29) is 5.78 Å². The van der Waals surface area contributed by atoms with E-state index in [9.17, 15) is 4.79 Å². The Kier molecular flexibility index (Phi) is 3.86. The molecule has 0 unspecified atom stereocenters. The molecule has 1 aliphatic carbocycles. The summed E-state index contributed by atoms with van der Waals surface area (Å²) < 4.78 is 5.83. The number of ether oxygens (including phenoxy) is 1. The van der Waals surface area contributed by atoms with Gasteiger partial charge in [-0.15, -0.1) is 0 Å². The maximum Gasteiger partial charge on any atom is 0.194 e. The predicted molar refractivity (Wildman–Crippen MR) is 73.1 cm³/mol. The first-order valence-corrected chi connectivity index (χ1v) is 6.85. The van der Waals surface area contributed by atoms with Crippen molar-refractivity contribution in [3.8, 4) is 0 Å². The zero-order chi connectivity index (χ0) is 13.2. The Balaban J connectivity index is 2.30. The van der Waals surface area contributed by atoms with Gasteiger partial charge in [0.25, 0.3) is 0 Å². The number of Topliss-reactive ketones (excluding diaryl/α,β-unsaturated/α-hetero) is 1. The summed E-state index contributed by atoms with van der Waals surface area (Å²) in [6.45, 7) is 6.69. The predicted octanol–water partition coefficient (Wildman–Crippen LogP) is 3.84. The topological polar surface area (TPSA) is 26.3 Å². The van der Waals surface area contributed by atoms with E-state index >= 15 is 0 Å². The molecule has 0 radical (unpaired) electrons. The SMILES string of the molecule is CCOC1(C(=O)c2ccc(C)c(C)c2)CCCC1. The standard InChI is InChI=1S/C16H22O2/c1-4-18-16(9-5-6-10-16)15(17)14-8-7-12(2)13(3)11-14/h7-8,11H,4-6,9-10H2,1-3H3. The molecule has 2 nitrogen and oxygen atoms in total. The smallest absolute Gasteiger partial charge is 0.194 e.